The Morgan fingerprint density at radius 3 is 2.65 bits per heavy atom. The summed E-state index contributed by atoms with van der Waals surface area (Å²) in [5.74, 6) is 0. The van der Waals surface area contributed by atoms with E-state index in [1.165, 1.54) is 0 Å². The maximum Gasteiger partial charge on any atom is 0.315 e. The summed E-state index contributed by atoms with van der Waals surface area (Å²) in [5, 5.41) is 15.2. The van der Waals surface area contributed by atoms with Gasteiger partial charge in [0.25, 0.3) is 0 Å². The van der Waals surface area contributed by atoms with Crippen molar-refractivity contribution in [1.29, 1.82) is 0 Å². The fourth-order valence-electron chi connectivity index (χ4n) is 2.20. The van der Waals surface area contributed by atoms with Gasteiger partial charge in [-0.25, -0.2) is 4.79 Å². The first-order chi connectivity index (χ1) is 8.24. The highest BCUT2D eigenvalue weighted by molar-refractivity contribution is 5.75. The standard InChI is InChI=1S/C11H20N2O4/c14-8-11(2-5-16-6-3-11)13-10(15)12-9-1-4-17-7-9/h9,14H,1-8H2,(H2,12,13,15). The summed E-state index contributed by atoms with van der Waals surface area (Å²) >= 11 is 0. The molecule has 0 aromatic carbocycles. The van der Waals surface area contributed by atoms with Gasteiger partial charge in [-0.05, 0) is 19.3 Å². The number of amides is 2. The van der Waals surface area contributed by atoms with Gasteiger partial charge in [0.05, 0.1) is 24.8 Å². The monoisotopic (exact) mass is 244 g/mol. The number of nitrogens with one attached hydrogen (secondary N) is 2. The predicted molar refractivity (Wildman–Crippen MR) is 60.8 cm³/mol. The molecule has 2 saturated heterocycles. The van der Waals surface area contributed by atoms with Gasteiger partial charge < -0.3 is 25.2 Å². The van der Waals surface area contributed by atoms with Crippen LogP contribution in [0, 0.1) is 0 Å². The van der Waals surface area contributed by atoms with Crippen LogP contribution in [-0.2, 0) is 9.47 Å². The maximum atomic E-state index is 11.8. The van der Waals surface area contributed by atoms with E-state index in [0.717, 1.165) is 6.42 Å². The highest BCUT2D eigenvalue weighted by atomic mass is 16.5. The highest BCUT2D eigenvalue weighted by Gasteiger charge is 2.34. The average molecular weight is 244 g/mol. The Labute approximate surface area is 101 Å². The third kappa shape index (κ3) is 3.31. The third-order valence-electron chi connectivity index (χ3n) is 3.40. The normalized spacial score (nSPS) is 27.7. The number of aliphatic hydroxyl groups is 1. The summed E-state index contributed by atoms with van der Waals surface area (Å²) in [6, 6.07) is -0.137. The van der Waals surface area contributed by atoms with Gasteiger partial charge in [0.15, 0.2) is 0 Å². The second kappa shape index (κ2) is 5.66. The van der Waals surface area contributed by atoms with E-state index in [-0.39, 0.29) is 18.7 Å². The third-order valence-corrected chi connectivity index (χ3v) is 3.40. The molecule has 1 atom stereocenters. The molecule has 0 aromatic heterocycles. The van der Waals surface area contributed by atoms with Crippen molar-refractivity contribution < 1.29 is 19.4 Å². The van der Waals surface area contributed by atoms with Crippen LogP contribution in [0.4, 0.5) is 4.79 Å². The van der Waals surface area contributed by atoms with E-state index in [2.05, 4.69) is 10.6 Å². The maximum absolute atomic E-state index is 11.8. The van der Waals surface area contributed by atoms with Crippen molar-refractivity contribution in [3.8, 4) is 0 Å². The summed E-state index contributed by atoms with van der Waals surface area (Å²) in [4.78, 5) is 11.8. The van der Waals surface area contributed by atoms with Crippen molar-refractivity contribution >= 4 is 6.03 Å². The first kappa shape index (κ1) is 12.6. The van der Waals surface area contributed by atoms with E-state index < -0.39 is 5.54 Å². The second-order valence-corrected chi connectivity index (χ2v) is 4.71. The molecular formula is C11H20N2O4. The average Bonchev–Trinajstić information content (AvgIpc) is 2.83. The van der Waals surface area contributed by atoms with Crippen LogP contribution in [-0.4, -0.2) is 55.8 Å². The van der Waals surface area contributed by atoms with Crippen molar-refractivity contribution in [2.75, 3.05) is 33.0 Å². The molecule has 98 valence electrons. The fourth-order valence-corrected chi connectivity index (χ4v) is 2.20. The quantitative estimate of drug-likeness (QED) is 0.632. The van der Waals surface area contributed by atoms with Crippen LogP contribution < -0.4 is 10.6 Å². The molecule has 2 fully saturated rings. The first-order valence-electron chi connectivity index (χ1n) is 6.09. The van der Waals surface area contributed by atoms with Crippen molar-refractivity contribution in [2.24, 2.45) is 0 Å². The smallest absolute Gasteiger partial charge is 0.315 e. The lowest BCUT2D eigenvalue weighted by Gasteiger charge is -2.36. The fraction of sp³-hybridized carbons (Fsp3) is 0.909. The zero-order valence-corrected chi connectivity index (χ0v) is 9.91. The second-order valence-electron chi connectivity index (χ2n) is 4.71. The summed E-state index contributed by atoms with van der Waals surface area (Å²) in [6.07, 6.45) is 2.15. The molecule has 2 aliphatic heterocycles. The van der Waals surface area contributed by atoms with Crippen molar-refractivity contribution in [1.82, 2.24) is 10.6 Å². The molecule has 2 rings (SSSR count). The molecule has 3 N–H and O–H groups in total. The minimum Gasteiger partial charge on any atom is -0.394 e. The zero-order valence-electron chi connectivity index (χ0n) is 9.91. The molecule has 1 unspecified atom stereocenters. The van der Waals surface area contributed by atoms with Crippen LogP contribution in [0.25, 0.3) is 0 Å². The summed E-state index contributed by atoms with van der Waals surface area (Å²) in [5.41, 5.74) is -0.526. The SMILES string of the molecule is O=C(NC1CCOC1)NC1(CO)CCOCC1. The number of ether oxygens (including phenoxy) is 2. The molecule has 2 amide bonds. The van der Waals surface area contributed by atoms with Crippen molar-refractivity contribution in [2.45, 2.75) is 30.8 Å². The van der Waals surface area contributed by atoms with E-state index in [4.69, 9.17) is 9.47 Å². The van der Waals surface area contributed by atoms with Gasteiger partial charge in [0.2, 0.25) is 0 Å². The highest BCUT2D eigenvalue weighted by Crippen LogP contribution is 2.19. The topological polar surface area (TPSA) is 79.8 Å². The Bertz CT molecular complexity index is 260. The molecule has 0 aliphatic carbocycles. The molecule has 0 aromatic rings. The van der Waals surface area contributed by atoms with Gasteiger partial charge in [0.1, 0.15) is 0 Å². The first-order valence-corrected chi connectivity index (χ1v) is 6.09. The van der Waals surface area contributed by atoms with Gasteiger partial charge in [0, 0.05) is 19.8 Å². The number of urea groups is 1. The lowest BCUT2D eigenvalue weighted by molar-refractivity contribution is 0.0169. The van der Waals surface area contributed by atoms with Crippen LogP contribution in [0.2, 0.25) is 0 Å². The molecular weight excluding hydrogens is 224 g/mol. The molecule has 0 radical (unpaired) electrons. The summed E-state index contributed by atoms with van der Waals surface area (Å²) in [7, 11) is 0. The number of carbonyl (C=O) groups is 1. The Kier molecular flexibility index (Phi) is 4.20. The largest absolute Gasteiger partial charge is 0.394 e. The van der Waals surface area contributed by atoms with Gasteiger partial charge in [-0.3, -0.25) is 0 Å². The minimum absolute atomic E-state index is 0.0506. The Hall–Kier alpha value is -0.850. The van der Waals surface area contributed by atoms with E-state index in [1.807, 2.05) is 0 Å². The molecule has 0 bridgehead atoms. The minimum atomic E-state index is -0.526. The molecule has 6 heteroatoms. The van der Waals surface area contributed by atoms with E-state index in [1.54, 1.807) is 0 Å². The molecule has 0 spiro atoms. The number of aliphatic hydroxyl groups excluding tert-OH is 1. The van der Waals surface area contributed by atoms with Gasteiger partial charge in [-0.1, -0.05) is 0 Å². The molecule has 2 aliphatic rings. The van der Waals surface area contributed by atoms with E-state index in [0.29, 0.717) is 39.3 Å². The van der Waals surface area contributed by atoms with Gasteiger partial charge in [-0.2, -0.15) is 0 Å². The zero-order chi connectivity index (χ0) is 12.1. The molecule has 0 saturated carbocycles. The predicted octanol–water partition coefficient (Wildman–Crippen LogP) is -0.384. The Morgan fingerprint density at radius 1 is 1.29 bits per heavy atom. The van der Waals surface area contributed by atoms with Crippen LogP contribution in [0.3, 0.4) is 0 Å². The van der Waals surface area contributed by atoms with Crippen LogP contribution in [0.1, 0.15) is 19.3 Å². The Balaban J connectivity index is 1.82. The molecule has 17 heavy (non-hydrogen) atoms. The molecule has 6 nitrogen and oxygen atoms in total. The number of hydrogen-bond acceptors (Lipinski definition) is 4. The number of hydrogen-bond donors (Lipinski definition) is 3. The van der Waals surface area contributed by atoms with Crippen LogP contribution in [0.5, 0.6) is 0 Å². The lowest BCUT2D eigenvalue weighted by atomic mass is 9.91. The van der Waals surface area contributed by atoms with Gasteiger partial charge in [-0.15, -0.1) is 0 Å². The number of carbonyl (C=O) groups excluding carboxylic acids is 1. The van der Waals surface area contributed by atoms with Crippen molar-refractivity contribution in [3.63, 3.8) is 0 Å². The lowest BCUT2D eigenvalue weighted by Crippen LogP contribution is -2.58. The van der Waals surface area contributed by atoms with Crippen LogP contribution >= 0.6 is 0 Å². The number of rotatable bonds is 3. The van der Waals surface area contributed by atoms with E-state index in [9.17, 15) is 9.90 Å². The summed E-state index contributed by atoms with van der Waals surface area (Å²) in [6.45, 7) is 2.37. The van der Waals surface area contributed by atoms with Gasteiger partial charge >= 0.3 is 6.03 Å². The molecule has 2 heterocycles. The summed E-state index contributed by atoms with van der Waals surface area (Å²) < 4.78 is 10.4. The van der Waals surface area contributed by atoms with Crippen molar-refractivity contribution in [3.05, 3.63) is 0 Å². The Morgan fingerprint density at radius 2 is 2.06 bits per heavy atom. The van der Waals surface area contributed by atoms with Crippen LogP contribution in [0.15, 0.2) is 0 Å². The van der Waals surface area contributed by atoms with E-state index >= 15 is 0 Å².